The molecule has 1 aromatic carbocycles. The molecule has 0 aromatic heterocycles. The van der Waals surface area contributed by atoms with E-state index in [0.717, 1.165) is 10.5 Å². The lowest BCUT2D eigenvalue weighted by Crippen LogP contribution is -2.58. The Morgan fingerprint density at radius 3 is 2.55 bits per heavy atom. The Bertz CT molecular complexity index is 533. The molecule has 0 radical (unpaired) electrons. The second-order valence-electron chi connectivity index (χ2n) is 5.57. The van der Waals surface area contributed by atoms with E-state index < -0.39 is 18.3 Å². The Balaban J connectivity index is 1.93. The van der Waals surface area contributed by atoms with Crippen LogP contribution >= 0.6 is 11.6 Å². The maximum atomic E-state index is 12.9. The molecule has 0 spiro atoms. The van der Waals surface area contributed by atoms with Crippen molar-refractivity contribution in [1.29, 1.82) is 0 Å². The van der Waals surface area contributed by atoms with Gasteiger partial charge in [-0.15, -0.1) is 0 Å². The highest BCUT2D eigenvalue weighted by Crippen LogP contribution is 2.37. The number of rotatable bonds is 3. The third-order valence-electron chi connectivity index (χ3n) is 3.89. The number of carbonyl (C=O) groups excluding carboxylic acids is 1. The van der Waals surface area contributed by atoms with Crippen LogP contribution in [0, 0.1) is 0 Å². The fourth-order valence-electron chi connectivity index (χ4n) is 2.54. The molecule has 1 atom stereocenters. The molecule has 0 saturated carbocycles. The molecule has 1 aliphatic heterocycles. The number of piperidine rings is 1. The highest BCUT2D eigenvalue weighted by Gasteiger charge is 2.55. The van der Waals surface area contributed by atoms with Crippen molar-refractivity contribution >= 4 is 17.5 Å². The van der Waals surface area contributed by atoms with Crippen LogP contribution < -0.4 is 0 Å². The van der Waals surface area contributed by atoms with Gasteiger partial charge in [-0.3, -0.25) is 4.79 Å². The molecule has 1 saturated heterocycles. The summed E-state index contributed by atoms with van der Waals surface area (Å²) in [6, 6.07) is 6.95. The van der Waals surface area contributed by atoms with E-state index in [-0.39, 0.29) is 31.7 Å². The van der Waals surface area contributed by atoms with E-state index in [1.54, 1.807) is 24.3 Å². The summed E-state index contributed by atoms with van der Waals surface area (Å²) in [5, 5.41) is 10.3. The summed E-state index contributed by atoms with van der Waals surface area (Å²) in [6.07, 6.45) is -4.41. The SMILES string of the molecule is O=C(CCc1ccc(Cl)cc1)N1CCC[C@](O)(C(F)(F)F)C1. The van der Waals surface area contributed by atoms with E-state index in [1.165, 1.54) is 0 Å². The first-order valence-corrected chi connectivity index (χ1v) is 7.40. The van der Waals surface area contributed by atoms with Gasteiger partial charge in [0.2, 0.25) is 5.91 Å². The molecule has 0 bridgehead atoms. The van der Waals surface area contributed by atoms with Crippen LogP contribution in [-0.4, -0.2) is 40.8 Å². The number of alkyl halides is 3. The number of benzene rings is 1. The fourth-order valence-corrected chi connectivity index (χ4v) is 2.67. The summed E-state index contributed by atoms with van der Waals surface area (Å²) in [7, 11) is 0. The summed E-state index contributed by atoms with van der Waals surface area (Å²) >= 11 is 5.76. The Kier molecular flexibility index (Phi) is 5.02. The quantitative estimate of drug-likeness (QED) is 0.921. The molecule has 0 unspecified atom stereocenters. The molecule has 0 aliphatic carbocycles. The first-order chi connectivity index (χ1) is 10.2. The zero-order valence-corrected chi connectivity index (χ0v) is 12.6. The zero-order chi connectivity index (χ0) is 16.4. The monoisotopic (exact) mass is 335 g/mol. The topological polar surface area (TPSA) is 40.5 Å². The van der Waals surface area contributed by atoms with E-state index in [4.69, 9.17) is 11.6 Å². The van der Waals surface area contributed by atoms with E-state index in [9.17, 15) is 23.1 Å². The number of carbonyl (C=O) groups is 1. The minimum Gasteiger partial charge on any atom is -0.379 e. The number of nitrogens with zero attached hydrogens (tertiary/aromatic N) is 1. The fraction of sp³-hybridized carbons (Fsp3) is 0.533. The normalized spacial score (nSPS) is 22.7. The van der Waals surface area contributed by atoms with Crippen molar-refractivity contribution < 1.29 is 23.1 Å². The summed E-state index contributed by atoms with van der Waals surface area (Å²) in [4.78, 5) is 13.2. The lowest BCUT2D eigenvalue weighted by atomic mass is 9.92. The van der Waals surface area contributed by atoms with Crippen LogP contribution in [-0.2, 0) is 11.2 Å². The second-order valence-corrected chi connectivity index (χ2v) is 6.01. The van der Waals surface area contributed by atoms with Gasteiger partial charge in [-0.05, 0) is 37.0 Å². The number of likely N-dealkylation sites (tertiary alicyclic amines) is 1. The number of hydrogen-bond donors (Lipinski definition) is 1. The van der Waals surface area contributed by atoms with Crippen molar-refractivity contribution in [3.8, 4) is 0 Å². The second kappa shape index (κ2) is 6.46. The molecule has 22 heavy (non-hydrogen) atoms. The largest absolute Gasteiger partial charge is 0.418 e. The van der Waals surface area contributed by atoms with E-state index >= 15 is 0 Å². The van der Waals surface area contributed by atoms with Gasteiger partial charge in [0, 0.05) is 18.0 Å². The van der Waals surface area contributed by atoms with Crippen LogP contribution in [0.15, 0.2) is 24.3 Å². The van der Waals surface area contributed by atoms with Crippen molar-refractivity contribution in [1.82, 2.24) is 4.90 Å². The number of aliphatic hydroxyl groups is 1. The van der Waals surface area contributed by atoms with Crippen molar-refractivity contribution in [3.63, 3.8) is 0 Å². The van der Waals surface area contributed by atoms with Gasteiger partial charge in [0.25, 0.3) is 0 Å². The van der Waals surface area contributed by atoms with E-state index in [1.807, 2.05) is 0 Å². The van der Waals surface area contributed by atoms with Gasteiger partial charge in [-0.25, -0.2) is 0 Å². The van der Waals surface area contributed by atoms with Crippen molar-refractivity contribution in [2.75, 3.05) is 13.1 Å². The van der Waals surface area contributed by atoms with Crippen molar-refractivity contribution in [2.24, 2.45) is 0 Å². The Morgan fingerprint density at radius 2 is 1.95 bits per heavy atom. The number of aryl methyl sites for hydroxylation is 1. The smallest absolute Gasteiger partial charge is 0.379 e. The molecular formula is C15H17ClF3NO2. The lowest BCUT2D eigenvalue weighted by Gasteiger charge is -2.40. The summed E-state index contributed by atoms with van der Waals surface area (Å²) in [6.45, 7) is -0.437. The highest BCUT2D eigenvalue weighted by atomic mass is 35.5. The van der Waals surface area contributed by atoms with Crippen molar-refractivity contribution in [2.45, 2.75) is 37.5 Å². The van der Waals surface area contributed by atoms with E-state index in [0.29, 0.717) is 11.4 Å². The van der Waals surface area contributed by atoms with Crippen LogP contribution in [0.1, 0.15) is 24.8 Å². The minimum atomic E-state index is -4.72. The zero-order valence-electron chi connectivity index (χ0n) is 11.9. The van der Waals surface area contributed by atoms with Gasteiger partial charge in [-0.2, -0.15) is 13.2 Å². The molecule has 1 aliphatic rings. The first-order valence-electron chi connectivity index (χ1n) is 7.03. The van der Waals surface area contributed by atoms with Gasteiger partial charge < -0.3 is 10.0 Å². The average molecular weight is 336 g/mol. The molecule has 122 valence electrons. The number of amides is 1. The Morgan fingerprint density at radius 1 is 1.32 bits per heavy atom. The minimum absolute atomic E-state index is 0.107. The van der Waals surface area contributed by atoms with Gasteiger partial charge >= 0.3 is 6.18 Å². The van der Waals surface area contributed by atoms with Gasteiger partial charge in [-0.1, -0.05) is 23.7 Å². The average Bonchev–Trinajstić information content (AvgIpc) is 2.45. The van der Waals surface area contributed by atoms with Crippen LogP contribution in [0.3, 0.4) is 0 Å². The van der Waals surface area contributed by atoms with Crippen molar-refractivity contribution in [3.05, 3.63) is 34.9 Å². The third kappa shape index (κ3) is 3.93. The van der Waals surface area contributed by atoms with Crippen LogP contribution in [0.5, 0.6) is 0 Å². The molecule has 1 amide bonds. The highest BCUT2D eigenvalue weighted by molar-refractivity contribution is 6.30. The van der Waals surface area contributed by atoms with Crippen LogP contribution in [0.2, 0.25) is 5.02 Å². The van der Waals surface area contributed by atoms with Crippen LogP contribution in [0.25, 0.3) is 0 Å². The number of β-amino-alcohol motifs (C(OH)–C–C–N with tert-alkyl or cyclic N) is 1. The first kappa shape index (κ1) is 17.1. The maximum absolute atomic E-state index is 12.9. The maximum Gasteiger partial charge on any atom is 0.418 e. The Labute approximate surface area is 131 Å². The lowest BCUT2D eigenvalue weighted by molar-refractivity contribution is -0.272. The summed E-state index contributed by atoms with van der Waals surface area (Å²) in [5.74, 6) is -0.377. The third-order valence-corrected chi connectivity index (χ3v) is 4.14. The van der Waals surface area contributed by atoms with Gasteiger partial charge in [0.1, 0.15) is 0 Å². The number of halogens is 4. The van der Waals surface area contributed by atoms with Gasteiger partial charge in [0.15, 0.2) is 5.60 Å². The standard InChI is InChI=1S/C15H17ClF3NO2/c16-12-5-2-11(3-6-12)4-7-13(21)20-9-1-8-14(22,10-20)15(17,18)19/h2-3,5-6,22H,1,4,7-10H2/t14-/m1/s1. The van der Waals surface area contributed by atoms with Crippen LogP contribution in [0.4, 0.5) is 13.2 Å². The molecule has 1 aromatic rings. The van der Waals surface area contributed by atoms with E-state index in [2.05, 4.69) is 0 Å². The summed E-state index contributed by atoms with van der Waals surface area (Å²) in [5.41, 5.74) is -1.90. The molecule has 1 heterocycles. The van der Waals surface area contributed by atoms with Gasteiger partial charge in [0.05, 0.1) is 6.54 Å². The molecule has 1 N–H and O–H groups in total. The molecule has 7 heteroatoms. The molecule has 3 nitrogen and oxygen atoms in total. The Hall–Kier alpha value is -1.27. The number of hydrogen-bond acceptors (Lipinski definition) is 2. The molecule has 2 rings (SSSR count). The summed E-state index contributed by atoms with van der Waals surface area (Å²) < 4.78 is 38.6. The predicted molar refractivity (Wildman–Crippen MR) is 76.6 cm³/mol. The molecular weight excluding hydrogens is 319 g/mol. The predicted octanol–water partition coefficient (Wildman–Crippen LogP) is 3.19. The molecule has 1 fully saturated rings.